The largest absolute Gasteiger partial charge is 0.439 e. The zero-order valence-corrected chi connectivity index (χ0v) is 10.8. The van der Waals surface area contributed by atoms with Gasteiger partial charge in [0.25, 0.3) is 0 Å². The van der Waals surface area contributed by atoms with E-state index in [1.54, 1.807) is 6.20 Å². The molecule has 2 heteroatoms. The number of hydrogen-bond donors (Lipinski definition) is 0. The lowest BCUT2D eigenvalue weighted by Crippen LogP contribution is -1.89. The number of nitrogens with zero attached hydrogens (tertiary/aromatic N) is 1. The highest BCUT2D eigenvalue weighted by atomic mass is 16.5. The van der Waals surface area contributed by atoms with Gasteiger partial charge in [-0.1, -0.05) is 38.0 Å². The second-order valence-electron chi connectivity index (χ2n) is 4.37. The molecule has 0 saturated heterocycles. The van der Waals surface area contributed by atoms with Gasteiger partial charge >= 0.3 is 0 Å². The molecule has 0 bridgehead atoms. The van der Waals surface area contributed by atoms with Crippen molar-refractivity contribution >= 4 is 0 Å². The van der Waals surface area contributed by atoms with Crippen LogP contribution in [-0.4, -0.2) is 4.98 Å². The fourth-order valence-corrected chi connectivity index (χ4v) is 1.87. The third kappa shape index (κ3) is 3.88. The molecule has 0 fully saturated rings. The third-order valence-corrected chi connectivity index (χ3v) is 2.83. The van der Waals surface area contributed by atoms with Gasteiger partial charge in [0.1, 0.15) is 5.75 Å². The van der Waals surface area contributed by atoms with E-state index >= 15 is 0 Å². The van der Waals surface area contributed by atoms with Crippen molar-refractivity contribution in [2.24, 2.45) is 0 Å². The summed E-state index contributed by atoms with van der Waals surface area (Å²) in [7, 11) is 0. The van der Waals surface area contributed by atoms with E-state index < -0.39 is 0 Å². The quantitative estimate of drug-likeness (QED) is 0.689. The topological polar surface area (TPSA) is 22.1 Å². The molecule has 1 aromatic carbocycles. The van der Waals surface area contributed by atoms with Crippen LogP contribution in [0.3, 0.4) is 0 Å². The standard InChI is InChI=1S/C16H19NO/c1-2-3-4-8-14-9-7-10-15(13-14)18-16-11-5-6-12-17-16/h5-7,9-13H,2-4,8H2,1H3. The van der Waals surface area contributed by atoms with E-state index in [0.717, 1.165) is 12.2 Å². The lowest BCUT2D eigenvalue weighted by molar-refractivity contribution is 0.462. The lowest BCUT2D eigenvalue weighted by atomic mass is 10.1. The van der Waals surface area contributed by atoms with Gasteiger partial charge in [-0.2, -0.15) is 0 Å². The average molecular weight is 241 g/mol. The summed E-state index contributed by atoms with van der Waals surface area (Å²) in [6.45, 7) is 2.22. The average Bonchev–Trinajstić information content (AvgIpc) is 2.41. The number of ether oxygens (including phenoxy) is 1. The Morgan fingerprint density at radius 1 is 1.06 bits per heavy atom. The van der Waals surface area contributed by atoms with E-state index in [0.29, 0.717) is 5.88 Å². The van der Waals surface area contributed by atoms with Crippen molar-refractivity contribution in [2.75, 3.05) is 0 Å². The molecular weight excluding hydrogens is 222 g/mol. The second-order valence-corrected chi connectivity index (χ2v) is 4.37. The molecule has 0 N–H and O–H groups in total. The molecule has 2 aromatic rings. The van der Waals surface area contributed by atoms with Crippen LogP contribution in [0.25, 0.3) is 0 Å². The van der Waals surface area contributed by atoms with Crippen molar-refractivity contribution in [3.05, 3.63) is 54.2 Å². The third-order valence-electron chi connectivity index (χ3n) is 2.83. The SMILES string of the molecule is CCCCCc1cccc(Oc2ccccn2)c1. The van der Waals surface area contributed by atoms with Gasteiger partial charge in [0, 0.05) is 12.3 Å². The van der Waals surface area contributed by atoms with E-state index in [2.05, 4.69) is 24.0 Å². The Balaban J connectivity index is 1.99. The molecule has 0 amide bonds. The highest BCUT2D eigenvalue weighted by Crippen LogP contribution is 2.20. The van der Waals surface area contributed by atoms with E-state index in [9.17, 15) is 0 Å². The minimum absolute atomic E-state index is 0.642. The molecule has 18 heavy (non-hydrogen) atoms. The Morgan fingerprint density at radius 3 is 2.78 bits per heavy atom. The summed E-state index contributed by atoms with van der Waals surface area (Å²) in [6, 6.07) is 13.9. The van der Waals surface area contributed by atoms with Crippen LogP contribution in [0.4, 0.5) is 0 Å². The summed E-state index contributed by atoms with van der Waals surface area (Å²) in [5.74, 6) is 1.51. The van der Waals surface area contributed by atoms with Crippen molar-refractivity contribution in [2.45, 2.75) is 32.6 Å². The highest BCUT2D eigenvalue weighted by molar-refractivity contribution is 5.31. The number of pyridine rings is 1. The molecule has 0 aliphatic carbocycles. The molecule has 94 valence electrons. The first-order chi connectivity index (χ1) is 8.88. The summed E-state index contributed by atoms with van der Waals surface area (Å²) in [5, 5.41) is 0. The number of rotatable bonds is 6. The Kier molecular flexibility index (Phi) is 4.77. The van der Waals surface area contributed by atoms with Crippen LogP contribution in [0.5, 0.6) is 11.6 Å². The molecule has 0 radical (unpaired) electrons. The Morgan fingerprint density at radius 2 is 2.00 bits per heavy atom. The predicted molar refractivity (Wildman–Crippen MR) is 74.0 cm³/mol. The van der Waals surface area contributed by atoms with Crippen LogP contribution in [0, 0.1) is 0 Å². The van der Waals surface area contributed by atoms with Crippen LogP contribution in [0.1, 0.15) is 31.7 Å². The molecule has 1 aromatic heterocycles. The molecule has 0 aliphatic heterocycles. The molecular formula is C16H19NO. The minimum atomic E-state index is 0.642. The monoisotopic (exact) mass is 241 g/mol. The van der Waals surface area contributed by atoms with Gasteiger partial charge in [0.15, 0.2) is 0 Å². The number of hydrogen-bond acceptors (Lipinski definition) is 2. The van der Waals surface area contributed by atoms with Gasteiger partial charge in [-0.25, -0.2) is 4.98 Å². The molecule has 0 aliphatic rings. The molecule has 0 unspecified atom stereocenters. The summed E-state index contributed by atoms with van der Waals surface area (Å²) in [6.07, 6.45) is 6.63. The smallest absolute Gasteiger partial charge is 0.219 e. The van der Waals surface area contributed by atoms with E-state index in [-0.39, 0.29) is 0 Å². The number of benzene rings is 1. The maximum atomic E-state index is 5.71. The molecule has 1 heterocycles. The van der Waals surface area contributed by atoms with Gasteiger partial charge < -0.3 is 4.74 Å². The summed E-state index contributed by atoms with van der Waals surface area (Å²) in [5.41, 5.74) is 1.33. The Hall–Kier alpha value is -1.83. The second kappa shape index (κ2) is 6.80. The first kappa shape index (κ1) is 12.6. The Bertz CT molecular complexity index is 468. The molecule has 0 atom stereocenters. The van der Waals surface area contributed by atoms with Gasteiger partial charge in [0.05, 0.1) is 0 Å². The van der Waals surface area contributed by atoms with Crippen molar-refractivity contribution in [1.82, 2.24) is 4.98 Å². The number of aromatic nitrogens is 1. The zero-order valence-electron chi connectivity index (χ0n) is 10.8. The van der Waals surface area contributed by atoms with Gasteiger partial charge in [0.2, 0.25) is 5.88 Å². The van der Waals surface area contributed by atoms with E-state index in [4.69, 9.17) is 4.74 Å². The minimum Gasteiger partial charge on any atom is -0.439 e. The van der Waals surface area contributed by atoms with Crippen LogP contribution in [0.2, 0.25) is 0 Å². The van der Waals surface area contributed by atoms with Crippen LogP contribution in [0.15, 0.2) is 48.7 Å². The number of aryl methyl sites for hydroxylation is 1. The molecule has 2 nitrogen and oxygen atoms in total. The van der Waals surface area contributed by atoms with E-state index in [1.807, 2.05) is 30.3 Å². The predicted octanol–water partition coefficient (Wildman–Crippen LogP) is 4.61. The van der Waals surface area contributed by atoms with Gasteiger partial charge in [-0.3, -0.25) is 0 Å². The summed E-state index contributed by atoms with van der Waals surface area (Å²) < 4.78 is 5.71. The maximum absolute atomic E-state index is 5.71. The van der Waals surface area contributed by atoms with Crippen LogP contribution in [-0.2, 0) is 6.42 Å². The van der Waals surface area contributed by atoms with Gasteiger partial charge in [-0.05, 0) is 36.6 Å². The van der Waals surface area contributed by atoms with Crippen molar-refractivity contribution in [3.8, 4) is 11.6 Å². The van der Waals surface area contributed by atoms with Crippen molar-refractivity contribution in [3.63, 3.8) is 0 Å². The normalized spacial score (nSPS) is 10.3. The molecule has 2 rings (SSSR count). The summed E-state index contributed by atoms with van der Waals surface area (Å²) in [4.78, 5) is 4.16. The fraction of sp³-hybridized carbons (Fsp3) is 0.312. The highest BCUT2D eigenvalue weighted by Gasteiger charge is 1.99. The summed E-state index contributed by atoms with van der Waals surface area (Å²) >= 11 is 0. The maximum Gasteiger partial charge on any atom is 0.219 e. The van der Waals surface area contributed by atoms with Crippen molar-refractivity contribution < 1.29 is 4.74 Å². The lowest BCUT2D eigenvalue weighted by Gasteiger charge is -2.06. The van der Waals surface area contributed by atoms with Crippen LogP contribution < -0.4 is 4.74 Å². The molecule has 0 saturated carbocycles. The fourth-order valence-electron chi connectivity index (χ4n) is 1.87. The van der Waals surface area contributed by atoms with Crippen molar-refractivity contribution in [1.29, 1.82) is 0 Å². The number of unbranched alkanes of at least 4 members (excludes halogenated alkanes) is 2. The Labute approximate surface area is 109 Å². The zero-order chi connectivity index (χ0) is 12.6. The first-order valence-corrected chi connectivity index (χ1v) is 6.56. The van der Waals surface area contributed by atoms with Gasteiger partial charge in [-0.15, -0.1) is 0 Å². The van der Waals surface area contributed by atoms with Crippen LogP contribution >= 0.6 is 0 Å². The molecule has 0 spiro atoms. The van der Waals surface area contributed by atoms with E-state index in [1.165, 1.54) is 24.8 Å². The first-order valence-electron chi connectivity index (χ1n) is 6.56.